The summed E-state index contributed by atoms with van der Waals surface area (Å²) in [5.41, 5.74) is 7.38. The van der Waals surface area contributed by atoms with Crippen molar-refractivity contribution < 1.29 is 4.74 Å². The molecule has 2 heterocycles. The van der Waals surface area contributed by atoms with Gasteiger partial charge in [0.25, 0.3) is 0 Å². The molecule has 0 bridgehead atoms. The lowest BCUT2D eigenvalue weighted by atomic mass is 10.2. The Kier molecular flexibility index (Phi) is 3.09. The molecule has 3 aromatic rings. The summed E-state index contributed by atoms with van der Waals surface area (Å²) in [4.78, 5) is 0.705. The Bertz CT molecular complexity index is 738. The second-order valence-corrected chi connectivity index (χ2v) is 5.27. The van der Waals surface area contributed by atoms with Gasteiger partial charge < -0.3 is 10.5 Å². The molecule has 0 unspecified atom stereocenters. The van der Waals surface area contributed by atoms with E-state index in [1.165, 1.54) is 11.3 Å². The van der Waals surface area contributed by atoms with Crippen LogP contribution in [0.4, 0.5) is 5.69 Å². The third-order valence-electron chi connectivity index (χ3n) is 2.57. The number of ether oxygens (including phenoxy) is 1. The standard InChI is InChI=1S/C11H10ClN5OS/c1-18-5-9-14-15-11-17(9)16-10(19-11)7-3-2-6(12)4-8(7)13/h2-4H,5,13H2,1H3. The van der Waals surface area contributed by atoms with Gasteiger partial charge in [0.1, 0.15) is 11.6 Å². The van der Waals surface area contributed by atoms with E-state index in [0.717, 1.165) is 10.6 Å². The highest BCUT2D eigenvalue weighted by molar-refractivity contribution is 7.19. The van der Waals surface area contributed by atoms with Crippen LogP contribution in [0.25, 0.3) is 15.5 Å². The molecule has 3 rings (SSSR count). The number of hydrogen-bond donors (Lipinski definition) is 1. The van der Waals surface area contributed by atoms with Gasteiger partial charge >= 0.3 is 0 Å². The summed E-state index contributed by atoms with van der Waals surface area (Å²) < 4.78 is 6.71. The van der Waals surface area contributed by atoms with Crippen molar-refractivity contribution in [2.45, 2.75) is 6.61 Å². The summed E-state index contributed by atoms with van der Waals surface area (Å²) in [7, 11) is 1.60. The fourth-order valence-electron chi connectivity index (χ4n) is 1.71. The van der Waals surface area contributed by atoms with Gasteiger partial charge in [-0.25, -0.2) is 0 Å². The molecular weight excluding hydrogens is 286 g/mol. The number of aromatic nitrogens is 4. The van der Waals surface area contributed by atoms with Crippen molar-refractivity contribution in [1.82, 2.24) is 19.8 Å². The fraction of sp³-hybridized carbons (Fsp3) is 0.182. The Morgan fingerprint density at radius 1 is 1.42 bits per heavy atom. The number of hydrogen-bond acceptors (Lipinski definition) is 6. The molecule has 6 nitrogen and oxygen atoms in total. The molecule has 0 aliphatic heterocycles. The molecule has 0 atom stereocenters. The van der Waals surface area contributed by atoms with Gasteiger partial charge in [-0.05, 0) is 18.2 Å². The van der Waals surface area contributed by atoms with Gasteiger partial charge in [-0.1, -0.05) is 22.9 Å². The van der Waals surface area contributed by atoms with Crippen molar-refractivity contribution in [2.75, 3.05) is 12.8 Å². The molecule has 98 valence electrons. The molecule has 0 amide bonds. The molecule has 2 aromatic heterocycles. The van der Waals surface area contributed by atoms with Crippen LogP contribution in [0.15, 0.2) is 18.2 Å². The summed E-state index contributed by atoms with van der Waals surface area (Å²) in [5, 5.41) is 13.9. The van der Waals surface area contributed by atoms with Crippen LogP contribution < -0.4 is 5.73 Å². The first-order valence-electron chi connectivity index (χ1n) is 5.44. The van der Waals surface area contributed by atoms with Gasteiger partial charge in [0, 0.05) is 23.4 Å². The molecule has 19 heavy (non-hydrogen) atoms. The van der Waals surface area contributed by atoms with Crippen LogP contribution in [0.1, 0.15) is 5.82 Å². The molecule has 0 radical (unpaired) electrons. The Balaban J connectivity index is 2.10. The average molecular weight is 296 g/mol. The summed E-state index contributed by atoms with van der Waals surface area (Å²) in [6.07, 6.45) is 0. The molecule has 0 fully saturated rings. The first kappa shape index (κ1) is 12.3. The molecule has 0 saturated carbocycles. The van der Waals surface area contributed by atoms with E-state index in [2.05, 4.69) is 15.3 Å². The third kappa shape index (κ3) is 2.16. The minimum Gasteiger partial charge on any atom is -0.398 e. The predicted molar refractivity (Wildman–Crippen MR) is 74.2 cm³/mol. The van der Waals surface area contributed by atoms with E-state index in [4.69, 9.17) is 22.1 Å². The summed E-state index contributed by atoms with van der Waals surface area (Å²) >= 11 is 7.30. The largest absolute Gasteiger partial charge is 0.398 e. The lowest BCUT2D eigenvalue weighted by Crippen LogP contribution is -1.98. The van der Waals surface area contributed by atoms with Crippen LogP contribution >= 0.6 is 22.9 Å². The number of halogens is 1. The van der Waals surface area contributed by atoms with Gasteiger partial charge in [0.15, 0.2) is 5.82 Å². The maximum absolute atomic E-state index is 5.95. The fourth-order valence-corrected chi connectivity index (χ4v) is 2.80. The number of nitrogens with two attached hydrogens (primary N) is 1. The van der Waals surface area contributed by atoms with Gasteiger partial charge in [0.2, 0.25) is 4.96 Å². The monoisotopic (exact) mass is 295 g/mol. The molecule has 0 saturated heterocycles. The maximum atomic E-state index is 5.95. The quantitative estimate of drug-likeness (QED) is 0.750. The Hall–Kier alpha value is -1.70. The molecule has 0 spiro atoms. The van der Waals surface area contributed by atoms with E-state index in [-0.39, 0.29) is 0 Å². The van der Waals surface area contributed by atoms with E-state index in [0.29, 0.717) is 28.1 Å². The Labute approximate surface area is 117 Å². The minimum atomic E-state index is 0.362. The zero-order chi connectivity index (χ0) is 13.4. The van der Waals surface area contributed by atoms with Crippen molar-refractivity contribution in [3.05, 3.63) is 29.0 Å². The van der Waals surface area contributed by atoms with Crippen molar-refractivity contribution in [3.8, 4) is 10.6 Å². The zero-order valence-corrected chi connectivity index (χ0v) is 11.6. The van der Waals surface area contributed by atoms with Crippen LogP contribution in [0.5, 0.6) is 0 Å². The first-order chi connectivity index (χ1) is 9.19. The number of benzene rings is 1. The Morgan fingerprint density at radius 3 is 3.00 bits per heavy atom. The number of nitrogen functional groups attached to an aromatic ring is 1. The number of fused-ring (bicyclic) bond motifs is 1. The topological polar surface area (TPSA) is 78.3 Å². The van der Waals surface area contributed by atoms with Gasteiger partial charge in [-0.15, -0.1) is 10.2 Å². The third-order valence-corrected chi connectivity index (χ3v) is 3.74. The van der Waals surface area contributed by atoms with Gasteiger partial charge in [-0.2, -0.15) is 9.61 Å². The highest BCUT2D eigenvalue weighted by Gasteiger charge is 2.14. The molecule has 0 aliphatic carbocycles. The van der Waals surface area contributed by atoms with Crippen LogP contribution in [0, 0.1) is 0 Å². The van der Waals surface area contributed by atoms with Crippen LogP contribution in [0.3, 0.4) is 0 Å². The average Bonchev–Trinajstić information content (AvgIpc) is 2.91. The number of rotatable bonds is 3. The number of methoxy groups -OCH3 is 1. The minimum absolute atomic E-state index is 0.362. The number of anilines is 1. The molecule has 1 aromatic carbocycles. The van der Waals surface area contributed by atoms with Crippen LogP contribution in [-0.4, -0.2) is 26.9 Å². The predicted octanol–water partition coefficient (Wildman–Crippen LogP) is 2.23. The summed E-state index contributed by atoms with van der Waals surface area (Å²) in [6, 6.07) is 5.33. The Morgan fingerprint density at radius 2 is 2.26 bits per heavy atom. The highest BCUT2D eigenvalue weighted by atomic mass is 35.5. The SMILES string of the molecule is COCc1nnc2sc(-c3ccc(Cl)cc3N)nn12. The lowest BCUT2D eigenvalue weighted by molar-refractivity contribution is 0.176. The van der Waals surface area contributed by atoms with E-state index in [9.17, 15) is 0 Å². The van der Waals surface area contributed by atoms with Crippen LogP contribution in [-0.2, 0) is 11.3 Å². The molecular formula is C11H10ClN5OS. The van der Waals surface area contributed by atoms with Crippen molar-refractivity contribution in [3.63, 3.8) is 0 Å². The maximum Gasteiger partial charge on any atom is 0.235 e. The number of nitrogens with zero attached hydrogens (tertiary/aromatic N) is 4. The highest BCUT2D eigenvalue weighted by Crippen LogP contribution is 2.31. The molecule has 2 N–H and O–H groups in total. The smallest absolute Gasteiger partial charge is 0.235 e. The summed E-state index contributed by atoms with van der Waals surface area (Å²) in [5.74, 6) is 0.660. The van der Waals surface area contributed by atoms with E-state index >= 15 is 0 Å². The second kappa shape index (κ2) is 4.76. The molecule has 0 aliphatic rings. The van der Waals surface area contributed by atoms with Crippen molar-refractivity contribution >= 4 is 33.6 Å². The second-order valence-electron chi connectivity index (χ2n) is 3.88. The molecule has 8 heteroatoms. The van der Waals surface area contributed by atoms with Crippen molar-refractivity contribution in [1.29, 1.82) is 0 Å². The lowest BCUT2D eigenvalue weighted by Gasteiger charge is -2.01. The normalized spacial score (nSPS) is 11.3. The van der Waals surface area contributed by atoms with E-state index in [1.807, 2.05) is 6.07 Å². The zero-order valence-electron chi connectivity index (χ0n) is 10.00. The van der Waals surface area contributed by atoms with E-state index in [1.54, 1.807) is 23.8 Å². The van der Waals surface area contributed by atoms with Crippen molar-refractivity contribution in [2.24, 2.45) is 0 Å². The van der Waals surface area contributed by atoms with Gasteiger partial charge in [0.05, 0.1) is 0 Å². The van der Waals surface area contributed by atoms with E-state index < -0.39 is 0 Å². The van der Waals surface area contributed by atoms with Gasteiger partial charge in [-0.3, -0.25) is 0 Å². The summed E-state index contributed by atoms with van der Waals surface area (Å²) in [6.45, 7) is 0.362. The van der Waals surface area contributed by atoms with Crippen LogP contribution in [0.2, 0.25) is 5.02 Å². The first-order valence-corrected chi connectivity index (χ1v) is 6.64.